The van der Waals surface area contributed by atoms with Gasteiger partial charge in [0.05, 0.1) is 12.6 Å². The van der Waals surface area contributed by atoms with Gasteiger partial charge in [-0.25, -0.2) is 4.98 Å². The van der Waals surface area contributed by atoms with Crippen LogP contribution in [0, 0.1) is 0 Å². The molecule has 0 atom stereocenters. The second kappa shape index (κ2) is 3.62. The van der Waals surface area contributed by atoms with Crippen LogP contribution in [0.5, 0.6) is 0 Å². The zero-order valence-electron chi connectivity index (χ0n) is 7.48. The average molecular weight is 203 g/mol. The van der Waals surface area contributed by atoms with E-state index in [1.807, 2.05) is 4.90 Å². The monoisotopic (exact) mass is 203 g/mol. The maximum absolute atomic E-state index is 12.4. The van der Waals surface area contributed by atoms with Crippen molar-refractivity contribution >= 4 is 0 Å². The van der Waals surface area contributed by atoms with Crippen LogP contribution in [0.15, 0.2) is 12.4 Å². The number of aliphatic hydroxyl groups is 1. The van der Waals surface area contributed by atoms with Crippen molar-refractivity contribution in [3.05, 3.63) is 18.2 Å². The third-order valence-electron chi connectivity index (χ3n) is 2.26. The Kier molecular flexibility index (Phi) is 2.47. The second-order valence-electron chi connectivity index (χ2n) is 3.38. The van der Waals surface area contributed by atoms with E-state index in [-0.39, 0.29) is 6.10 Å². The van der Waals surface area contributed by atoms with E-state index in [1.54, 1.807) is 0 Å². The van der Waals surface area contributed by atoms with Gasteiger partial charge in [0, 0.05) is 25.5 Å². The van der Waals surface area contributed by atoms with Crippen LogP contribution in [0.4, 0.5) is 8.78 Å². The highest BCUT2D eigenvalue weighted by molar-refractivity contribution is 4.95. The van der Waals surface area contributed by atoms with Crippen molar-refractivity contribution < 1.29 is 13.9 Å². The molecule has 0 aliphatic carbocycles. The summed E-state index contributed by atoms with van der Waals surface area (Å²) in [6, 6.07) is 0. The maximum Gasteiger partial charge on any atom is 0.319 e. The highest BCUT2D eigenvalue weighted by Gasteiger charge is 2.26. The molecule has 4 nitrogen and oxygen atoms in total. The van der Waals surface area contributed by atoms with E-state index in [0.29, 0.717) is 25.5 Å². The summed E-state index contributed by atoms with van der Waals surface area (Å²) >= 11 is 0. The molecular formula is C8H11F2N3O. The minimum Gasteiger partial charge on any atom is -0.390 e. The molecule has 14 heavy (non-hydrogen) atoms. The van der Waals surface area contributed by atoms with Gasteiger partial charge in [-0.05, 0) is 0 Å². The van der Waals surface area contributed by atoms with Gasteiger partial charge in [-0.1, -0.05) is 0 Å². The van der Waals surface area contributed by atoms with Crippen molar-refractivity contribution in [3.8, 4) is 0 Å². The van der Waals surface area contributed by atoms with Crippen molar-refractivity contribution in [1.82, 2.24) is 14.5 Å². The lowest BCUT2D eigenvalue weighted by molar-refractivity contribution is -0.00822. The van der Waals surface area contributed by atoms with Gasteiger partial charge in [-0.3, -0.25) is 9.47 Å². The Morgan fingerprint density at radius 2 is 2.29 bits per heavy atom. The lowest BCUT2D eigenvalue weighted by atomic mass is 10.2. The molecule has 2 heterocycles. The van der Waals surface area contributed by atoms with E-state index in [4.69, 9.17) is 5.11 Å². The van der Waals surface area contributed by atoms with Crippen LogP contribution in [-0.4, -0.2) is 38.8 Å². The predicted octanol–water partition coefficient (Wildman–Crippen LogP) is 0.455. The Hall–Kier alpha value is -1.01. The molecular weight excluding hydrogens is 192 g/mol. The van der Waals surface area contributed by atoms with Crippen LogP contribution in [0.2, 0.25) is 0 Å². The lowest BCUT2D eigenvalue weighted by Crippen LogP contribution is -2.50. The molecule has 0 saturated carbocycles. The van der Waals surface area contributed by atoms with E-state index in [1.165, 1.54) is 12.4 Å². The smallest absolute Gasteiger partial charge is 0.319 e. The molecule has 1 N–H and O–H groups in total. The summed E-state index contributed by atoms with van der Waals surface area (Å²) in [7, 11) is 0. The van der Waals surface area contributed by atoms with Crippen molar-refractivity contribution in [3.63, 3.8) is 0 Å². The highest BCUT2D eigenvalue weighted by Crippen LogP contribution is 2.16. The third kappa shape index (κ3) is 1.76. The summed E-state index contributed by atoms with van der Waals surface area (Å²) in [4.78, 5) is 5.71. The molecule has 6 heteroatoms. The molecule has 0 spiro atoms. The first-order chi connectivity index (χ1) is 6.66. The zero-order valence-corrected chi connectivity index (χ0v) is 7.48. The summed E-state index contributed by atoms with van der Waals surface area (Å²) in [6.07, 6.45) is 2.30. The first-order valence-corrected chi connectivity index (χ1v) is 4.37. The number of aromatic nitrogens is 2. The summed E-state index contributed by atoms with van der Waals surface area (Å²) in [6.45, 7) is -1.10. The number of likely N-dealkylation sites (tertiary alicyclic amines) is 1. The molecule has 0 bridgehead atoms. The van der Waals surface area contributed by atoms with Gasteiger partial charge >= 0.3 is 6.55 Å². The molecule has 2 rings (SSSR count). The number of alkyl halides is 2. The number of β-amino-alcohol motifs (C(OH)–C–C–N with tert-alkyl or cyclic N) is 1. The van der Waals surface area contributed by atoms with Crippen LogP contribution >= 0.6 is 0 Å². The van der Waals surface area contributed by atoms with Crippen molar-refractivity contribution in [1.29, 1.82) is 0 Å². The Balaban J connectivity index is 1.98. The molecule has 78 valence electrons. The van der Waals surface area contributed by atoms with Crippen LogP contribution < -0.4 is 0 Å². The molecule has 0 aromatic carbocycles. The molecule has 1 aliphatic rings. The first kappa shape index (κ1) is 9.54. The van der Waals surface area contributed by atoms with Gasteiger partial charge in [0.2, 0.25) is 0 Å². The fourth-order valence-corrected chi connectivity index (χ4v) is 1.52. The number of halogens is 2. The summed E-state index contributed by atoms with van der Waals surface area (Å²) in [5.41, 5.74) is 0. The standard InChI is InChI=1S/C8H11F2N3O/c9-8(10)13-2-1-11-7(13)5-12-3-6(14)4-12/h1-2,6,8,14H,3-5H2. The van der Waals surface area contributed by atoms with Crippen molar-refractivity contribution in [2.75, 3.05) is 13.1 Å². The maximum atomic E-state index is 12.4. The number of imidazole rings is 1. The fraction of sp³-hybridized carbons (Fsp3) is 0.625. The van der Waals surface area contributed by atoms with Gasteiger partial charge in [0.15, 0.2) is 0 Å². The summed E-state index contributed by atoms with van der Waals surface area (Å²) < 4.78 is 25.6. The van der Waals surface area contributed by atoms with Crippen molar-refractivity contribution in [2.45, 2.75) is 19.2 Å². The Bertz CT molecular complexity index is 309. The number of hydrogen-bond donors (Lipinski definition) is 1. The lowest BCUT2D eigenvalue weighted by Gasteiger charge is -2.35. The molecule has 0 radical (unpaired) electrons. The Labute approximate surface area is 79.8 Å². The third-order valence-corrected chi connectivity index (χ3v) is 2.26. The van der Waals surface area contributed by atoms with E-state index in [2.05, 4.69) is 4.98 Å². The van der Waals surface area contributed by atoms with E-state index >= 15 is 0 Å². The molecule has 1 aliphatic heterocycles. The largest absolute Gasteiger partial charge is 0.390 e. The summed E-state index contributed by atoms with van der Waals surface area (Å²) in [5.74, 6) is 0.340. The molecule has 1 saturated heterocycles. The van der Waals surface area contributed by atoms with E-state index < -0.39 is 6.55 Å². The SMILES string of the molecule is OC1CN(Cc2nccn2C(F)F)C1. The Morgan fingerprint density at radius 1 is 1.57 bits per heavy atom. The molecule has 0 amide bonds. The van der Waals surface area contributed by atoms with Gasteiger partial charge in [-0.15, -0.1) is 0 Å². The normalized spacial score (nSPS) is 18.9. The molecule has 0 unspecified atom stereocenters. The van der Waals surface area contributed by atoms with Gasteiger partial charge in [-0.2, -0.15) is 8.78 Å². The van der Waals surface area contributed by atoms with Gasteiger partial charge < -0.3 is 5.11 Å². The quantitative estimate of drug-likeness (QED) is 0.775. The van der Waals surface area contributed by atoms with Crippen LogP contribution in [0.3, 0.4) is 0 Å². The van der Waals surface area contributed by atoms with Crippen LogP contribution in [0.25, 0.3) is 0 Å². The minimum absolute atomic E-state index is 0.315. The van der Waals surface area contributed by atoms with E-state index in [9.17, 15) is 8.78 Å². The van der Waals surface area contributed by atoms with Gasteiger partial charge in [0.25, 0.3) is 0 Å². The van der Waals surface area contributed by atoms with Crippen LogP contribution in [0.1, 0.15) is 12.4 Å². The van der Waals surface area contributed by atoms with Crippen LogP contribution in [-0.2, 0) is 6.54 Å². The number of rotatable bonds is 3. The minimum atomic E-state index is -2.54. The van der Waals surface area contributed by atoms with E-state index in [0.717, 1.165) is 4.57 Å². The average Bonchev–Trinajstić information content (AvgIpc) is 2.49. The van der Waals surface area contributed by atoms with Gasteiger partial charge in [0.1, 0.15) is 5.82 Å². The Morgan fingerprint density at radius 3 is 2.86 bits per heavy atom. The molecule has 1 aromatic heterocycles. The fourth-order valence-electron chi connectivity index (χ4n) is 1.52. The molecule has 1 fully saturated rings. The first-order valence-electron chi connectivity index (χ1n) is 4.37. The second-order valence-corrected chi connectivity index (χ2v) is 3.38. The zero-order chi connectivity index (χ0) is 10.1. The molecule has 1 aromatic rings. The summed E-state index contributed by atoms with van der Waals surface area (Å²) in [5, 5.41) is 9.01. The highest BCUT2D eigenvalue weighted by atomic mass is 19.3. The number of hydrogen-bond acceptors (Lipinski definition) is 3. The number of aliphatic hydroxyl groups excluding tert-OH is 1. The number of nitrogens with zero attached hydrogens (tertiary/aromatic N) is 3. The predicted molar refractivity (Wildman–Crippen MR) is 44.8 cm³/mol. The topological polar surface area (TPSA) is 41.3 Å². The van der Waals surface area contributed by atoms with Crippen molar-refractivity contribution in [2.24, 2.45) is 0 Å².